The van der Waals surface area contributed by atoms with Gasteiger partial charge in [-0.3, -0.25) is 0 Å². The van der Waals surface area contributed by atoms with Crippen molar-refractivity contribution >= 4 is 22.7 Å². The Labute approximate surface area is 123 Å². The third kappa shape index (κ3) is 3.49. The number of rotatable bonds is 5. The maximum Gasteiger partial charge on any atom is 0.336 e. The van der Waals surface area contributed by atoms with Gasteiger partial charge in [-0.1, -0.05) is 6.07 Å². The highest BCUT2D eigenvalue weighted by Crippen LogP contribution is 2.22. The molecule has 0 spiro atoms. The van der Waals surface area contributed by atoms with E-state index in [1.807, 2.05) is 11.8 Å². The van der Waals surface area contributed by atoms with Crippen LogP contribution in [0.5, 0.6) is 0 Å². The molecule has 112 valence electrons. The number of aromatic carboxylic acids is 1. The average molecular weight is 288 g/mol. The van der Waals surface area contributed by atoms with Crippen LogP contribution in [0.15, 0.2) is 30.3 Å². The molecule has 0 aliphatic rings. The van der Waals surface area contributed by atoms with E-state index in [2.05, 4.69) is 4.98 Å². The molecule has 0 aliphatic heterocycles. The summed E-state index contributed by atoms with van der Waals surface area (Å²) in [5.41, 5.74) is 0.0638. The van der Waals surface area contributed by atoms with Gasteiger partial charge in [-0.2, -0.15) is 0 Å². The molecular weight excluding hydrogens is 268 g/mol. The second kappa shape index (κ2) is 5.69. The van der Waals surface area contributed by atoms with E-state index in [0.717, 1.165) is 5.82 Å². The summed E-state index contributed by atoms with van der Waals surface area (Å²) in [4.78, 5) is 17.7. The van der Waals surface area contributed by atoms with E-state index in [0.29, 0.717) is 24.0 Å². The van der Waals surface area contributed by atoms with Crippen LogP contribution in [0.2, 0.25) is 0 Å². The Kier molecular flexibility index (Phi) is 4.14. The predicted molar refractivity (Wildman–Crippen MR) is 82.9 cm³/mol. The van der Waals surface area contributed by atoms with Crippen molar-refractivity contribution in [1.29, 1.82) is 0 Å². The van der Waals surface area contributed by atoms with Crippen LogP contribution in [0.25, 0.3) is 10.9 Å². The smallest absolute Gasteiger partial charge is 0.336 e. The quantitative estimate of drug-likeness (QED) is 0.884. The fraction of sp³-hybridized carbons (Fsp3) is 0.375. The molecular formula is C16H20N2O3. The van der Waals surface area contributed by atoms with E-state index in [4.69, 9.17) is 0 Å². The highest BCUT2D eigenvalue weighted by Gasteiger charge is 2.19. The minimum Gasteiger partial charge on any atom is -0.478 e. The van der Waals surface area contributed by atoms with Crippen LogP contribution in [0.4, 0.5) is 5.82 Å². The predicted octanol–water partition coefficient (Wildman–Crippen LogP) is 2.53. The van der Waals surface area contributed by atoms with Gasteiger partial charge in [0, 0.05) is 18.5 Å². The van der Waals surface area contributed by atoms with E-state index in [9.17, 15) is 15.0 Å². The number of carboxylic acid groups (broad SMARTS) is 1. The van der Waals surface area contributed by atoms with Crippen LogP contribution in [-0.2, 0) is 0 Å². The molecule has 1 heterocycles. The summed E-state index contributed by atoms with van der Waals surface area (Å²) in [5.74, 6) is -0.228. The molecule has 0 saturated heterocycles. The molecule has 0 amide bonds. The second-order valence-electron chi connectivity index (χ2n) is 5.67. The number of aliphatic hydroxyl groups is 1. The molecule has 0 unspecified atom stereocenters. The zero-order valence-corrected chi connectivity index (χ0v) is 12.5. The number of pyridine rings is 1. The standard InChI is InChI=1S/C16H20N2O3/c1-4-18(10-16(2,3)21)14-9-8-11-12(15(19)20)6-5-7-13(11)17-14/h5-9,21H,4,10H2,1-3H3,(H,19,20). The summed E-state index contributed by atoms with van der Waals surface area (Å²) in [6, 6.07) is 8.62. The van der Waals surface area contributed by atoms with Crippen molar-refractivity contribution in [3.8, 4) is 0 Å². The number of fused-ring (bicyclic) bond motifs is 1. The molecule has 21 heavy (non-hydrogen) atoms. The van der Waals surface area contributed by atoms with Gasteiger partial charge in [0.1, 0.15) is 5.82 Å². The third-order valence-electron chi connectivity index (χ3n) is 3.23. The fourth-order valence-corrected chi connectivity index (χ4v) is 2.33. The Bertz CT molecular complexity index is 662. The maximum atomic E-state index is 11.2. The molecule has 2 N–H and O–H groups in total. The Morgan fingerprint density at radius 3 is 2.57 bits per heavy atom. The number of carboxylic acids is 1. The van der Waals surface area contributed by atoms with Gasteiger partial charge in [-0.25, -0.2) is 9.78 Å². The summed E-state index contributed by atoms with van der Waals surface area (Å²) < 4.78 is 0. The molecule has 0 atom stereocenters. The lowest BCUT2D eigenvalue weighted by Crippen LogP contribution is -2.39. The Hall–Kier alpha value is -2.14. The van der Waals surface area contributed by atoms with Gasteiger partial charge in [0.2, 0.25) is 0 Å². The number of benzene rings is 1. The highest BCUT2D eigenvalue weighted by atomic mass is 16.4. The molecule has 0 bridgehead atoms. The first-order chi connectivity index (χ1) is 9.81. The van der Waals surface area contributed by atoms with Gasteiger partial charge in [0.15, 0.2) is 0 Å². The van der Waals surface area contributed by atoms with Crippen LogP contribution in [-0.4, -0.2) is 39.9 Å². The normalized spacial score (nSPS) is 11.6. The lowest BCUT2D eigenvalue weighted by atomic mass is 10.1. The van der Waals surface area contributed by atoms with Gasteiger partial charge in [0.05, 0.1) is 16.7 Å². The molecule has 0 fully saturated rings. The van der Waals surface area contributed by atoms with Gasteiger partial charge >= 0.3 is 5.97 Å². The third-order valence-corrected chi connectivity index (χ3v) is 3.23. The average Bonchev–Trinajstić information content (AvgIpc) is 2.42. The molecule has 5 heteroatoms. The minimum atomic E-state index is -0.959. The van der Waals surface area contributed by atoms with Gasteiger partial charge in [-0.15, -0.1) is 0 Å². The highest BCUT2D eigenvalue weighted by molar-refractivity contribution is 6.02. The Morgan fingerprint density at radius 2 is 2.00 bits per heavy atom. The Morgan fingerprint density at radius 1 is 1.29 bits per heavy atom. The summed E-state index contributed by atoms with van der Waals surface area (Å²) in [6.07, 6.45) is 0. The Balaban J connectivity index is 2.45. The number of nitrogens with zero attached hydrogens (tertiary/aromatic N) is 2. The SMILES string of the molecule is CCN(CC(C)(C)O)c1ccc2c(C(=O)O)cccc2n1. The topological polar surface area (TPSA) is 73.7 Å². The van der Waals surface area contributed by atoms with E-state index in [1.165, 1.54) is 0 Å². The fourth-order valence-electron chi connectivity index (χ4n) is 2.33. The molecule has 0 saturated carbocycles. The van der Waals surface area contributed by atoms with Crippen molar-refractivity contribution in [1.82, 2.24) is 4.98 Å². The van der Waals surface area contributed by atoms with Gasteiger partial charge in [0.25, 0.3) is 0 Å². The number of anilines is 1. The van der Waals surface area contributed by atoms with Crippen LogP contribution in [0.3, 0.4) is 0 Å². The van der Waals surface area contributed by atoms with E-state index in [-0.39, 0.29) is 5.56 Å². The van der Waals surface area contributed by atoms with Crippen LogP contribution in [0, 0.1) is 0 Å². The molecule has 1 aromatic heterocycles. The lowest BCUT2D eigenvalue weighted by molar-refractivity contribution is 0.0698. The molecule has 5 nitrogen and oxygen atoms in total. The number of aromatic nitrogens is 1. The van der Waals surface area contributed by atoms with Crippen molar-refractivity contribution in [2.75, 3.05) is 18.0 Å². The van der Waals surface area contributed by atoms with Crippen molar-refractivity contribution < 1.29 is 15.0 Å². The van der Waals surface area contributed by atoms with E-state index >= 15 is 0 Å². The zero-order valence-electron chi connectivity index (χ0n) is 12.5. The molecule has 2 rings (SSSR count). The first-order valence-corrected chi connectivity index (χ1v) is 6.92. The summed E-state index contributed by atoms with van der Waals surface area (Å²) >= 11 is 0. The zero-order chi connectivity index (χ0) is 15.6. The molecule has 0 radical (unpaired) electrons. The molecule has 0 aliphatic carbocycles. The maximum absolute atomic E-state index is 11.2. The first kappa shape index (κ1) is 15.3. The first-order valence-electron chi connectivity index (χ1n) is 6.92. The number of likely N-dealkylation sites (N-methyl/N-ethyl adjacent to an activating group) is 1. The van der Waals surface area contributed by atoms with Crippen molar-refractivity contribution in [2.45, 2.75) is 26.4 Å². The number of carbonyl (C=O) groups is 1. The van der Waals surface area contributed by atoms with Crippen LogP contribution in [0.1, 0.15) is 31.1 Å². The second-order valence-corrected chi connectivity index (χ2v) is 5.67. The van der Waals surface area contributed by atoms with E-state index < -0.39 is 11.6 Å². The van der Waals surface area contributed by atoms with Crippen LogP contribution >= 0.6 is 0 Å². The van der Waals surface area contributed by atoms with E-state index in [1.54, 1.807) is 44.2 Å². The number of hydrogen-bond donors (Lipinski definition) is 2. The van der Waals surface area contributed by atoms with Crippen molar-refractivity contribution in [3.63, 3.8) is 0 Å². The monoisotopic (exact) mass is 288 g/mol. The lowest BCUT2D eigenvalue weighted by Gasteiger charge is -2.29. The largest absolute Gasteiger partial charge is 0.478 e. The summed E-state index contributed by atoms with van der Waals surface area (Å²) in [5, 5.41) is 19.8. The summed E-state index contributed by atoms with van der Waals surface area (Å²) in [7, 11) is 0. The van der Waals surface area contributed by atoms with Crippen LogP contribution < -0.4 is 4.90 Å². The van der Waals surface area contributed by atoms with Gasteiger partial charge in [-0.05, 0) is 45.0 Å². The molecule has 2 aromatic rings. The van der Waals surface area contributed by atoms with Crippen molar-refractivity contribution in [2.24, 2.45) is 0 Å². The molecule has 1 aromatic carbocycles. The number of hydrogen-bond acceptors (Lipinski definition) is 4. The van der Waals surface area contributed by atoms with Gasteiger partial charge < -0.3 is 15.1 Å². The minimum absolute atomic E-state index is 0.247. The summed E-state index contributed by atoms with van der Waals surface area (Å²) in [6.45, 7) is 6.66. The van der Waals surface area contributed by atoms with Crippen molar-refractivity contribution in [3.05, 3.63) is 35.9 Å².